The third kappa shape index (κ3) is 3.29. The van der Waals surface area contributed by atoms with E-state index >= 15 is 0 Å². The van der Waals surface area contributed by atoms with Crippen LogP contribution in [0, 0.1) is 0 Å². The third-order valence-corrected chi connectivity index (χ3v) is 1.61. The molecule has 0 aliphatic heterocycles. The van der Waals surface area contributed by atoms with Crippen LogP contribution >= 0.6 is 0 Å². The van der Waals surface area contributed by atoms with E-state index in [1.807, 2.05) is 0 Å². The van der Waals surface area contributed by atoms with Gasteiger partial charge in [-0.25, -0.2) is 0 Å². The summed E-state index contributed by atoms with van der Waals surface area (Å²) in [5.74, 6) is 0. The Morgan fingerprint density at radius 1 is 1.36 bits per heavy atom. The molecule has 4 atom stereocenters. The Kier molecular flexibility index (Phi) is 5.77. The average molecular weight is 205 g/mol. The lowest BCUT2D eigenvalue weighted by Crippen LogP contribution is -2.45. The molecule has 0 radical (unpaired) electrons. The van der Waals surface area contributed by atoms with Crippen molar-refractivity contribution in [1.82, 2.24) is 0 Å². The van der Waals surface area contributed by atoms with Crippen molar-refractivity contribution in [3.63, 3.8) is 0 Å². The molecule has 0 fully saturated rings. The number of rotatable bonds is 6. The number of aldehydes is 1. The predicted octanol–water partition coefficient (Wildman–Crippen LogP) is -2.06. The fraction of sp³-hybridized carbons (Fsp3) is 0.833. The van der Waals surface area contributed by atoms with Gasteiger partial charge in [-0.3, -0.25) is 0 Å². The van der Waals surface area contributed by atoms with E-state index in [-0.39, 0.29) is 6.29 Å². The zero-order chi connectivity index (χ0) is 11.1. The van der Waals surface area contributed by atoms with E-state index in [1.54, 1.807) is 0 Å². The Labute approximate surface area is 79.0 Å². The van der Waals surface area contributed by atoms with Crippen molar-refractivity contribution in [2.45, 2.75) is 24.4 Å². The van der Waals surface area contributed by atoms with Gasteiger partial charge in [-0.2, -0.15) is 0 Å². The van der Waals surface area contributed by atoms with Gasteiger partial charge in [0.2, 0.25) is 0 Å². The molecule has 0 aromatic rings. The highest BCUT2D eigenvalue weighted by atomic mass is 16.4. The van der Waals surface area contributed by atoms with Gasteiger partial charge in [0.05, 0.1) is 12.7 Å². The molecule has 8 heteroatoms. The van der Waals surface area contributed by atoms with E-state index in [2.05, 4.69) is 10.0 Å². The number of aliphatic hydroxyl groups excluding tert-OH is 4. The van der Waals surface area contributed by atoms with Crippen LogP contribution in [0.4, 0.5) is 0 Å². The maximum atomic E-state index is 10.3. The Bertz CT molecular complexity index is 230. The molecule has 0 spiro atoms. The number of carbonyl (C=O) groups is 1. The summed E-state index contributed by atoms with van der Waals surface area (Å²) in [7, 11) is 0. The molecule has 0 amide bonds. The van der Waals surface area contributed by atoms with E-state index in [4.69, 9.17) is 20.9 Å². The summed E-state index contributed by atoms with van der Waals surface area (Å²) in [5, 5.41) is 38.5. The molecule has 0 unspecified atom stereocenters. The highest BCUT2D eigenvalue weighted by Crippen LogP contribution is 2.06. The molecule has 8 nitrogen and oxygen atoms in total. The smallest absolute Gasteiger partial charge is 0.131 e. The van der Waals surface area contributed by atoms with Crippen molar-refractivity contribution >= 4 is 6.29 Å². The Morgan fingerprint density at radius 3 is 2.29 bits per heavy atom. The first kappa shape index (κ1) is 12.8. The molecular weight excluding hydrogens is 194 g/mol. The molecule has 0 rings (SSSR count). The van der Waals surface area contributed by atoms with Crippen LogP contribution in [0.3, 0.4) is 0 Å². The van der Waals surface area contributed by atoms with E-state index < -0.39 is 31.0 Å². The monoisotopic (exact) mass is 205 g/mol. The summed E-state index contributed by atoms with van der Waals surface area (Å²) in [6.07, 6.45) is -4.95. The number of hydrogen-bond acceptors (Lipinski definition) is 6. The van der Waals surface area contributed by atoms with Crippen molar-refractivity contribution in [2.24, 2.45) is 5.11 Å². The van der Waals surface area contributed by atoms with Gasteiger partial charge in [0, 0.05) is 4.91 Å². The van der Waals surface area contributed by atoms with Crippen LogP contribution in [0.2, 0.25) is 0 Å². The van der Waals surface area contributed by atoms with Crippen LogP contribution in [0.25, 0.3) is 10.4 Å². The SMILES string of the molecule is [N-]=[N+]=N[C@@H](C=O)[C@@H](O)[C@H](O)[C@H](O)CO. The van der Waals surface area contributed by atoms with Crippen molar-refractivity contribution < 1.29 is 25.2 Å². The highest BCUT2D eigenvalue weighted by Gasteiger charge is 2.30. The van der Waals surface area contributed by atoms with Crippen molar-refractivity contribution in [2.75, 3.05) is 6.61 Å². The molecule has 4 N–H and O–H groups in total. The third-order valence-electron chi connectivity index (χ3n) is 1.61. The standard InChI is InChI=1S/C6H11N3O5/c7-9-8-3(1-10)5(13)6(14)4(12)2-11/h1,3-6,11-14H,2H2/t3-,4+,5+,6+/m0/s1. The number of aliphatic hydroxyl groups is 4. The average Bonchev–Trinajstić information content (AvgIpc) is 2.22. The molecule has 0 aliphatic carbocycles. The van der Waals surface area contributed by atoms with Crippen molar-refractivity contribution in [1.29, 1.82) is 0 Å². The van der Waals surface area contributed by atoms with Gasteiger partial charge in [0.1, 0.15) is 24.5 Å². The van der Waals surface area contributed by atoms with Gasteiger partial charge < -0.3 is 25.2 Å². The molecule has 80 valence electrons. The zero-order valence-electron chi connectivity index (χ0n) is 7.13. The van der Waals surface area contributed by atoms with Crippen LogP contribution in [-0.2, 0) is 4.79 Å². The van der Waals surface area contributed by atoms with E-state index in [9.17, 15) is 9.90 Å². The fourth-order valence-corrected chi connectivity index (χ4v) is 0.773. The van der Waals surface area contributed by atoms with Crippen molar-refractivity contribution in [3.8, 4) is 0 Å². The lowest BCUT2D eigenvalue weighted by atomic mass is 10.0. The number of nitrogens with zero attached hydrogens (tertiary/aromatic N) is 3. The second-order valence-corrected chi connectivity index (χ2v) is 2.56. The first-order valence-corrected chi connectivity index (χ1v) is 3.73. The summed E-state index contributed by atoms with van der Waals surface area (Å²) in [4.78, 5) is 12.5. The predicted molar refractivity (Wildman–Crippen MR) is 44.1 cm³/mol. The minimum atomic E-state index is -1.75. The number of azide groups is 1. The summed E-state index contributed by atoms with van der Waals surface area (Å²) < 4.78 is 0. The second-order valence-electron chi connectivity index (χ2n) is 2.56. The Balaban J connectivity index is 4.47. The minimum absolute atomic E-state index is 0.137. The van der Waals surface area contributed by atoms with Crippen LogP contribution in [0.15, 0.2) is 5.11 Å². The van der Waals surface area contributed by atoms with Gasteiger partial charge in [0.15, 0.2) is 0 Å². The Morgan fingerprint density at radius 2 is 1.93 bits per heavy atom. The normalized spacial score (nSPS) is 18.9. The largest absolute Gasteiger partial charge is 0.394 e. The molecule has 0 bridgehead atoms. The molecule has 0 aliphatic rings. The first-order chi connectivity index (χ1) is 6.58. The fourth-order valence-electron chi connectivity index (χ4n) is 0.773. The van der Waals surface area contributed by atoms with Gasteiger partial charge in [0.25, 0.3) is 0 Å². The van der Waals surface area contributed by atoms with E-state index in [1.165, 1.54) is 0 Å². The van der Waals surface area contributed by atoms with Gasteiger partial charge in [-0.05, 0) is 5.53 Å². The van der Waals surface area contributed by atoms with Crippen LogP contribution in [-0.4, -0.2) is 57.7 Å². The second kappa shape index (κ2) is 6.30. The summed E-state index contributed by atoms with van der Waals surface area (Å²) in [5.41, 5.74) is 7.99. The molecule has 0 aromatic carbocycles. The van der Waals surface area contributed by atoms with Gasteiger partial charge in [-0.15, -0.1) is 0 Å². The van der Waals surface area contributed by atoms with Crippen LogP contribution in [0.5, 0.6) is 0 Å². The van der Waals surface area contributed by atoms with Crippen LogP contribution in [0.1, 0.15) is 0 Å². The quantitative estimate of drug-likeness (QED) is 0.170. The van der Waals surface area contributed by atoms with E-state index in [0.717, 1.165) is 0 Å². The number of hydrogen-bond donors (Lipinski definition) is 4. The summed E-state index contributed by atoms with van der Waals surface area (Å²) >= 11 is 0. The maximum Gasteiger partial charge on any atom is 0.131 e. The number of carbonyl (C=O) groups excluding carboxylic acids is 1. The summed E-state index contributed by atoms with van der Waals surface area (Å²) in [6, 6.07) is -1.49. The maximum absolute atomic E-state index is 10.3. The topological polar surface area (TPSA) is 147 Å². The lowest BCUT2D eigenvalue weighted by molar-refractivity contribution is -0.118. The summed E-state index contributed by atoms with van der Waals surface area (Å²) in [6.45, 7) is -0.778. The molecule has 14 heavy (non-hydrogen) atoms. The van der Waals surface area contributed by atoms with Gasteiger partial charge in [-0.1, -0.05) is 5.11 Å². The molecule has 0 saturated carbocycles. The highest BCUT2D eigenvalue weighted by molar-refractivity contribution is 5.59. The molecular formula is C6H11N3O5. The lowest BCUT2D eigenvalue weighted by Gasteiger charge is -2.22. The molecule has 0 saturated heterocycles. The van der Waals surface area contributed by atoms with E-state index in [0.29, 0.717) is 0 Å². The van der Waals surface area contributed by atoms with Crippen LogP contribution < -0.4 is 0 Å². The molecule has 0 aromatic heterocycles. The Hall–Kier alpha value is -1.18. The van der Waals surface area contributed by atoms with Gasteiger partial charge >= 0.3 is 0 Å². The molecule has 0 heterocycles. The zero-order valence-corrected chi connectivity index (χ0v) is 7.13. The van der Waals surface area contributed by atoms with Crippen molar-refractivity contribution in [3.05, 3.63) is 10.4 Å². The first-order valence-electron chi connectivity index (χ1n) is 3.73. The minimum Gasteiger partial charge on any atom is -0.394 e.